The molecule has 2 aromatic rings. The molecule has 0 aromatic heterocycles. The Bertz CT molecular complexity index is 661. The van der Waals surface area contributed by atoms with Crippen LogP contribution in [0.3, 0.4) is 0 Å². The zero-order chi connectivity index (χ0) is 15.1. The number of hydrogen-bond donors (Lipinski definition) is 2. The maximum atomic E-state index is 6.09. The molecule has 0 saturated carbocycles. The second-order valence-electron chi connectivity index (χ2n) is 4.19. The SMILES string of the molecule is NC(=S)NN=Cc1cccc(OCc2ccccc2Cl)c1. The number of thiocarbonyl (C=S) groups is 1. The van der Waals surface area contributed by atoms with E-state index < -0.39 is 0 Å². The van der Waals surface area contributed by atoms with E-state index in [1.165, 1.54) is 0 Å². The van der Waals surface area contributed by atoms with Crippen LogP contribution in [-0.2, 0) is 6.61 Å². The van der Waals surface area contributed by atoms with Crippen LogP contribution in [0, 0.1) is 0 Å². The number of benzene rings is 2. The predicted molar refractivity (Wildman–Crippen MR) is 89.7 cm³/mol. The molecule has 4 nitrogen and oxygen atoms in total. The lowest BCUT2D eigenvalue weighted by molar-refractivity contribution is 0.306. The Balaban J connectivity index is 1.99. The molecule has 108 valence electrons. The van der Waals surface area contributed by atoms with E-state index in [2.05, 4.69) is 22.7 Å². The minimum atomic E-state index is 0.123. The van der Waals surface area contributed by atoms with E-state index in [-0.39, 0.29) is 5.11 Å². The van der Waals surface area contributed by atoms with Crippen molar-refractivity contribution in [2.24, 2.45) is 10.8 Å². The first-order chi connectivity index (χ1) is 10.1. The van der Waals surface area contributed by atoms with Crippen LogP contribution in [-0.4, -0.2) is 11.3 Å². The summed E-state index contributed by atoms with van der Waals surface area (Å²) in [5, 5.41) is 4.71. The van der Waals surface area contributed by atoms with E-state index in [4.69, 9.17) is 22.1 Å². The molecule has 0 aliphatic carbocycles. The smallest absolute Gasteiger partial charge is 0.184 e. The minimum absolute atomic E-state index is 0.123. The van der Waals surface area contributed by atoms with Gasteiger partial charge in [0.15, 0.2) is 5.11 Å². The van der Waals surface area contributed by atoms with E-state index in [1.54, 1.807) is 6.21 Å². The minimum Gasteiger partial charge on any atom is -0.489 e. The molecule has 0 unspecified atom stereocenters. The van der Waals surface area contributed by atoms with Crippen LogP contribution in [0.1, 0.15) is 11.1 Å². The number of hydrazone groups is 1. The van der Waals surface area contributed by atoms with Crippen LogP contribution >= 0.6 is 23.8 Å². The lowest BCUT2D eigenvalue weighted by Gasteiger charge is -2.08. The molecule has 2 rings (SSSR count). The monoisotopic (exact) mass is 319 g/mol. The maximum Gasteiger partial charge on any atom is 0.184 e. The Morgan fingerprint density at radius 2 is 2.10 bits per heavy atom. The second-order valence-corrected chi connectivity index (χ2v) is 5.03. The van der Waals surface area contributed by atoms with Crippen molar-refractivity contribution in [3.8, 4) is 5.75 Å². The Morgan fingerprint density at radius 1 is 1.29 bits per heavy atom. The quantitative estimate of drug-likeness (QED) is 0.505. The van der Waals surface area contributed by atoms with Gasteiger partial charge in [0.05, 0.1) is 6.21 Å². The molecule has 6 heteroatoms. The Morgan fingerprint density at radius 3 is 2.86 bits per heavy atom. The van der Waals surface area contributed by atoms with Crippen LogP contribution in [0.15, 0.2) is 53.6 Å². The van der Waals surface area contributed by atoms with Crippen LogP contribution in [0.25, 0.3) is 0 Å². The average molecular weight is 320 g/mol. The Kier molecular flexibility index (Phi) is 5.54. The molecular weight excluding hydrogens is 306 g/mol. The van der Waals surface area contributed by atoms with Crippen molar-refractivity contribution in [2.75, 3.05) is 0 Å². The molecule has 0 amide bonds. The lowest BCUT2D eigenvalue weighted by atomic mass is 10.2. The van der Waals surface area contributed by atoms with Crippen molar-refractivity contribution in [2.45, 2.75) is 6.61 Å². The number of rotatable bonds is 5. The summed E-state index contributed by atoms with van der Waals surface area (Å²) in [5.74, 6) is 0.731. The van der Waals surface area contributed by atoms with Crippen molar-refractivity contribution < 1.29 is 4.74 Å². The topological polar surface area (TPSA) is 59.6 Å². The van der Waals surface area contributed by atoms with Crippen molar-refractivity contribution >= 4 is 35.1 Å². The van der Waals surface area contributed by atoms with Gasteiger partial charge in [-0.1, -0.05) is 41.9 Å². The van der Waals surface area contributed by atoms with E-state index in [1.807, 2.05) is 48.5 Å². The number of nitrogens with zero attached hydrogens (tertiary/aromatic N) is 1. The van der Waals surface area contributed by atoms with Gasteiger partial charge >= 0.3 is 0 Å². The van der Waals surface area contributed by atoms with Gasteiger partial charge in [0.1, 0.15) is 12.4 Å². The molecule has 21 heavy (non-hydrogen) atoms. The van der Waals surface area contributed by atoms with Gasteiger partial charge in [0, 0.05) is 10.6 Å². The van der Waals surface area contributed by atoms with Gasteiger partial charge in [-0.25, -0.2) is 0 Å². The van der Waals surface area contributed by atoms with Gasteiger partial charge in [-0.2, -0.15) is 5.10 Å². The van der Waals surface area contributed by atoms with Crippen LogP contribution < -0.4 is 15.9 Å². The summed E-state index contributed by atoms with van der Waals surface area (Å²) >= 11 is 10.7. The summed E-state index contributed by atoms with van der Waals surface area (Å²) in [6, 6.07) is 15.1. The van der Waals surface area contributed by atoms with E-state index in [0.29, 0.717) is 11.6 Å². The molecular formula is C15H14ClN3OS. The summed E-state index contributed by atoms with van der Waals surface area (Å²) in [6.07, 6.45) is 1.61. The zero-order valence-electron chi connectivity index (χ0n) is 11.1. The molecule has 0 heterocycles. The number of nitrogens with one attached hydrogen (secondary N) is 1. The normalized spacial score (nSPS) is 10.5. The Hall–Kier alpha value is -2.11. The fourth-order valence-electron chi connectivity index (χ4n) is 1.63. The molecule has 2 aromatic carbocycles. The van der Waals surface area contributed by atoms with Gasteiger partial charge in [0.2, 0.25) is 0 Å². The van der Waals surface area contributed by atoms with Crippen LogP contribution in [0.4, 0.5) is 0 Å². The lowest BCUT2D eigenvalue weighted by Crippen LogP contribution is -2.23. The standard InChI is InChI=1S/C15H14ClN3OS/c16-14-7-2-1-5-12(14)10-20-13-6-3-4-11(8-13)9-18-19-15(17)21/h1-9H,10H2,(H3,17,19,21). The molecule has 0 aliphatic rings. The number of ether oxygens (including phenoxy) is 1. The highest BCUT2D eigenvalue weighted by Gasteiger charge is 2.00. The van der Waals surface area contributed by atoms with Gasteiger partial charge in [-0.05, 0) is 36.0 Å². The van der Waals surface area contributed by atoms with E-state index in [0.717, 1.165) is 16.9 Å². The summed E-state index contributed by atoms with van der Waals surface area (Å²) in [5.41, 5.74) is 9.59. The first-order valence-electron chi connectivity index (χ1n) is 6.20. The first-order valence-corrected chi connectivity index (χ1v) is 6.98. The molecule has 0 fully saturated rings. The fourth-order valence-corrected chi connectivity index (χ4v) is 1.87. The maximum absolute atomic E-state index is 6.09. The highest BCUT2D eigenvalue weighted by atomic mass is 35.5. The third-order valence-electron chi connectivity index (χ3n) is 2.60. The van der Waals surface area contributed by atoms with Gasteiger partial charge in [-0.3, -0.25) is 5.43 Å². The summed E-state index contributed by atoms with van der Waals surface area (Å²) < 4.78 is 5.72. The Labute approximate surface area is 133 Å². The van der Waals surface area contributed by atoms with E-state index >= 15 is 0 Å². The third-order valence-corrected chi connectivity index (χ3v) is 3.06. The van der Waals surface area contributed by atoms with Gasteiger partial charge in [0.25, 0.3) is 0 Å². The summed E-state index contributed by atoms with van der Waals surface area (Å²) in [7, 11) is 0. The van der Waals surface area contributed by atoms with Crippen LogP contribution in [0.2, 0.25) is 5.02 Å². The molecule has 0 radical (unpaired) electrons. The summed E-state index contributed by atoms with van der Waals surface area (Å²) in [4.78, 5) is 0. The third kappa shape index (κ3) is 5.06. The predicted octanol–water partition coefficient (Wildman–Crippen LogP) is 3.09. The number of nitrogens with two attached hydrogens (primary N) is 1. The average Bonchev–Trinajstić information content (AvgIpc) is 2.46. The largest absolute Gasteiger partial charge is 0.489 e. The number of halogens is 1. The second kappa shape index (κ2) is 7.61. The fraction of sp³-hybridized carbons (Fsp3) is 0.0667. The highest BCUT2D eigenvalue weighted by Crippen LogP contribution is 2.19. The molecule has 0 bridgehead atoms. The first kappa shape index (κ1) is 15.3. The van der Waals surface area contributed by atoms with Gasteiger partial charge < -0.3 is 10.5 Å². The molecule has 0 spiro atoms. The molecule has 0 atom stereocenters. The molecule has 0 aliphatic heterocycles. The van der Waals surface area contributed by atoms with Gasteiger partial charge in [-0.15, -0.1) is 0 Å². The van der Waals surface area contributed by atoms with Crippen molar-refractivity contribution in [1.82, 2.24) is 5.43 Å². The molecule has 0 saturated heterocycles. The van der Waals surface area contributed by atoms with E-state index in [9.17, 15) is 0 Å². The highest BCUT2D eigenvalue weighted by molar-refractivity contribution is 7.80. The zero-order valence-corrected chi connectivity index (χ0v) is 12.7. The van der Waals surface area contributed by atoms with Crippen LogP contribution in [0.5, 0.6) is 5.75 Å². The number of hydrogen-bond acceptors (Lipinski definition) is 3. The summed E-state index contributed by atoms with van der Waals surface area (Å²) in [6.45, 7) is 0.408. The van der Waals surface area contributed by atoms with Crippen molar-refractivity contribution in [1.29, 1.82) is 0 Å². The molecule has 3 N–H and O–H groups in total. The van der Waals surface area contributed by atoms with Crippen molar-refractivity contribution in [3.63, 3.8) is 0 Å². The van der Waals surface area contributed by atoms with Crippen molar-refractivity contribution in [3.05, 3.63) is 64.7 Å².